The van der Waals surface area contributed by atoms with E-state index in [1.54, 1.807) is 6.07 Å². The Morgan fingerprint density at radius 3 is 2.41 bits per heavy atom. The molecule has 0 amide bonds. The Morgan fingerprint density at radius 1 is 1.09 bits per heavy atom. The number of rotatable bonds is 6. The van der Waals surface area contributed by atoms with Crippen molar-refractivity contribution in [1.29, 1.82) is 0 Å². The van der Waals surface area contributed by atoms with E-state index in [1.165, 1.54) is 0 Å². The molecule has 0 atom stereocenters. The highest BCUT2D eigenvalue weighted by molar-refractivity contribution is 5.94. The first-order valence-corrected chi connectivity index (χ1v) is 7.59. The van der Waals surface area contributed by atoms with Crippen LogP contribution >= 0.6 is 0 Å². The zero-order chi connectivity index (χ0) is 15.9. The van der Waals surface area contributed by atoms with Crippen molar-refractivity contribution in [3.63, 3.8) is 0 Å². The number of benzene rings is 1. The summed E-state index contributed by atoms with van der Waals surface area (Å²) in [5.74, 6) is 0.362. The Kier molecular flexibility index (Phi) is 5.53. The molecule has 4 nitrogen and oxygen atoms in total. The maximum Gasteiger partial charge on any atom is 0.342 e. The number of aryl methyl sites for hydroxylation is 1. The van der Waals surface area contributed by atoms with Crippen LogP contribution in [0.3, 0.4) is 0 Å². The molecule has 0 aliphatic carbocycles. The fourth-order valence-corrected chi connectivity index (χ4v) is 2.27. The normalized spacial score (nSPS) is 10.3. The number of carbonyl (C=O) groups is 1. The molecule has 0 saturated carbocycles. The number of nitrogens with zero attached hydrogens (tertiary/aromatic N) is 2. The number of pyridine rings is 1. The summed E-state index contributed by atoms with van der Waals surface area (Å²) < 4.78 is 5.43. The summed E-state index contributed by atoms with van der Waals surface area (Å²) in [4.78, 5) is 19.0. The Balaban J connectivity index is 2.18. The first kappa shape index (κ1) is 16.0. The van der Waals surface area contributed by atoms with E-state index in [4.69, 9.17) is 4.74 Å². The molecule has 0 fully saturated rings. The topological polar surface area (TPSA) is 42.4 Å². The van der Waals surface area contributed by atoms with E-state index in [0.717, 1.165) is 24.3 Å². The van der Waals surface area contributed by atoms with Crippen LogP contribution < -0.4 is 4.90 Å². The maximum absolute atomic E-state index is 12.4. The van der Waals surface area contributed by atoms with Gasteiger partial charge in [-0.05, 0) is 38.5 Å². The van der Waals surface area contributed by atoms with Gasteiger partial charge in [-0.2, -0.15) is 0 Å². The molecular formula is C18H22N2O2. The molecule has 0 aliphatic rings. The van der Waals surface area contributed by atoms with Gasteiger partial charge in [-0.3, -0.25) is 0 Å². The summed E-state index contributed by atoms with van der Waals surface area (Å²) in [7, 11) is 0. The summed E-state index contributed by atoms with van der Waals surface area (Å²) >= 11 is 0. The minimum atomic E-state index is -0.335. The standard InChI is InChI=1S/C18H22N2O2/c1-4-20(5-2)17-16(12-11-14(3)19-17)18(21)22-13-15-9-7-6-8-10-15/h6-12H,4-5,13H2,1-3H3. The summed E-state index contributed by atoms with van der Waals surface area (Å²) in [6, 6.07) is 13.3. The van der Waals surface area contributed by atoms with E-state index >= 15 is 0 Å². The molecule has 116 valence electrons. The van der Waals surface area contributed by atoms with Crippen molar-refractivity contribution in [2.75, 3.05) is 18.0 Å². The number of ether oxygens (including phenoxy) is 1. The van der Waals surface area contributed by atoms with Crippen LogP contribution in [0.4, 0.5) is 5.82 Å². The molecule has 2 rings (SSSR count). The quantitative estimate of drug-likeness (QED) is 0.764. The lowest BCUT2D eigenvalue weighted by Gasteiger charge is -2.22. The van der Waals surface area contributed by atoms with E-state index in [-0.39, 0.29) is 12.6 Å². The lowest BCUT2D eigenvalue weighted by atomic mass is 10.2. The third kappa shape index (κ3) is 3.85. The van der Waals surface area contributed by atoms with Crippen LogP contribution in [0.1, 0.15) is 35.5 Å². The van der Waals surface area contributed by atoms with Gasteiger partial charge in [-0.15, -0.1) is 0 Å². The fourth-order valence-electron chi connectivity index (χ4n) is 2.27. The lowest BCUT2D eigenvalue weighted by Crippen LogP contribution is -2.26. The second kappa shape index (κ2) is 7.59. The zero-order valence-electron chi connectivity index (χ0n) is 13.4. The van der Waals surface area contributed by atoms with Crippen LogP contribution in [-0.2, 0) is 11.3 Å². The van der Waals surface area contributed by atoms with Crippen molar-refractivity contribution in [3.8, 4) is 0 Å². The average Bonchev–Trinajstić information content (AvgIpc) is 2.55. The Hall–Kier alpha value is -2.36. The van der Waals surface area contributed by atoms with Gasteiger partial charge in [0, 0.05) is 18.8 Å². The molecule has 1 aromatic heterocycles. The predicted octanol–water partition coefficient (Wildman–Crippen LogP) is 3.59. The van der Waals surface area contributed by atoms with Gasteiger partial charge in [0.2, 0.25) is 0 Å². The van der Waals surface area contributed by atoms with Crippen LogP contribution in [0.2, 0.25) is 0 Å². The minimum Gasteiger partial charge on any atom is -0.457 e. The third-order valence-electron chi connectivity index (χ3n) is 3.51. The number of carbonyl (C=O) groups excluding carboxylic acids is 1. The molecule has 0 N–H and O–H groups in total. The molecule has 0 aliphatic heterocycles. The second-order valence-electron chi connectivity index (χ2n) is 5.06. The summed E-state index contributed by atoms with van der Waals surface area (Å²) in [6.45, 7) is 7.88. The Bertz CT molecular complexity index is 622. The van der Waals surface area contributed by atoms with Crippen LogP contribution in [0.25, 0.3) is 0 Å². The largest absolute Gasteiger partial charge is 0.457 e. The Morgan fingerprint density at radius 2 is 1.77 bits per heavy atom. The highest BCUT2D eigenvalue weighted by Crippen LogP contribution is 2.20. The van der Waals surface area contributed by atoms with Gasteiger partial charge < -0.3 is 9.64 Å². The SMILES string of the molecule is CCN(CC)c1nc(C)ccc1C(=O)OCc1ccccc1. The van der Waals surface area contributed by atoms with Crippen LogP contribution in [0, 0.1) is 6.92 Å². The average molecular weight is 298 g/mol. The summed E-state index contributed by atoms with van der Waals surface area (Å²) in [6.07, 6.45) is 0. The van der Waals surface area contributed by atoms with Crippen LogP contribution in [0.15, 0.2) is 42.5 Å². The van der Waals surface area contributed by atoms with Crippen molar-refractivity contribution < 1.29 is 9.53 Å². The molecule has 4 heteroatoms. The molecule has 2 aromatic rings. The number of aromatic nitrogens is 1. The third-order valence-corrected chi connectivity index (χ3v) is 3.51. The van der Waals surface area contributed by atoms with E-state index in [2.05, 4.69) is 9.88 Å². The first-order chi connectivity index (χ1) is 10.7. The van der Waals surface area contributed by atoms with Crippen LogP contribution in [0.5, 0.6) is 0 Å². The lowest BCUT2D eigenvalue weighted by molar-refractivity contribution is 0.0473. The molecule has 22 heavy (non-hydrogen) atoms. The number of anilines is 1. The van der Waals surface area contributed by atoms with Gasteiger partial charge in [0.1, 0.15) is 18.0 Å². The number of hydrogen-bond acceptors (Lipinski definition) is 4. The molecule has 1 heterocycles. The molecule has 0 bridgehead atoms. The van der Waals surface area contributed by atoms with E-state index < -0.39 is 0 Å². The number of esters is 1. The molecule has 1 aromatic carbocycles. The monoisotopic (exact) mass is 298 g/mol. The first-order valence-electron chi connectivity index (χ1n) is 7.59. The van der Waals surface area contributed by atoms with Crippen molar-refractivity contribution in [2.24, 2.45) is 0 Å². The zero-order valence-corrected chi connectivity index (χ0v) is 13.4. The smallest absolute Gasteiger partial charge is 0.342 e. The summed E-state index contributed by atoms with van der Waals surface area (Å²) in [5, 5.41) is 0. The maximum atomic E-state index is 12.4. The van der Waals surface area contributed by atoms with Gasteiger partial charge in [0.15, 0.2) is 0 Å². The van der Waals surface area contributed by atoms with Crippen molar-refractivity contribution in [3.05, 3.63) is 59.3 Å². The molecule has 0 radical (unpaired) electrons. The van der Waals surface area contributed by atoms with Crippen molar-refractivity contribution in [2.45, 2.75) is 27.4 Å². The second-order valence-corrected chi connectivity index (χ2v) is 5.06. The minimum absolute atomic E-state index is 0.269. The van der Waals surface area contributed by atoms with Crippen molar-refractivity contribution in [1.82, 2.24) is 4.98 Å². The predicted molar refractivity (Wildman–Crippen MR) is 88.1 cm³/mol. The fraction of sp³-hybridized carbons (Fsp3) is 0.333. The van der Waals surface area contributed by atoms with Gasteiger partial charge in [0.05, 0.1) is 0 Å². The van der Waals surface area contributed by atoms with E-state index in [1.807, 2.05) is 57.2 Å². The van der Waals surface area contributed by atoms with Crippen LogP contribution in [-0.4, -0.2) is 24.0 Å². The van der Waals surface area contributed by atoms with E-state index in [9.17, 15) is 4.79 Å². The molecule has 0 unspecified atom stereocenters. The highest BCUT2D eigenvalue weighted by Gasteiger charge is 2.18. The van der Waals surface area contributed by atoms with E-state index in [0.29, 0.717) is 11.4 Å². The Labute approximate surface area is 131 Å². The van der Waals surface area contributed by atoms with Gasteiger partial charge in [-0.25, -0.2) is 9.78 Å². The van der Waals surface area contributed by atoms with Gasteiger partial charge >= 0.3 is 5.97 Å². The summed E-state index contributed by atoms with van der Waals surface area (Å²) in [5.41, 5.74) is 2.38. The highest BCUT2D eigenvalue weighted by atomic mass is 16.5. The molecule has 0 saturated heterocycles. The van der Waals surface area contributed by atoms with Crippen molar-refractivity contribution >= 4 is 11.8 Å². The molecular weight excluding hydrogens is 276 g/mol. The number of hydrogen-bond donors (Lipinski definition) is 0. The molecule has 0 spiro atoms. The van der Waals surface area contributed by atoms with Gasteiger partial charge in [-0.1, -0.05) is 30.3 Å². The van der Waals surface area contributed by atoms with Gasteiger partial charge in [0.25, 0.3) is 0 Å².